The minimum absolute atomic E-state index is 0.876. The Bertz CT molecular complexity index is 491. The summed E-state index contributed by atoms with van der Waals surface area (Å²) in [5, 5.41) is 3.05. The van der Waals surface area contributed by atoms with Crippen molar-refractivity contribution in [1.82, 2.24) is 4.98 Å². The van der Waals surface area contributed by atoms with Gasteiger partial charge in [-0.15, -0.1) is 0 Å². The molecule has 0 bridgehead atoms. The summed E-state index contributed by atoms with van der Waals surface area (Å²) in [6.45, 7) is 2.09. The average molecular weight is 227 g/mol. The van der Waals surface area contributed by atoms with Crippen LogP contribution >= 0.6 is 0 Å². The number of anilines is 3. The summed E-state index contributed by atoms with van der Waals surface area (Å²) in [6, 6.07) is 12.5. The molecule has 0 atom stereocenters. The van der Waals surface area contributed by atoms with Crippen molar-refractivity contribution in [2.45, 2.75) is 6.92 Å². The van der Waals surface area contributed by atoms with Gasteiger partial charge in [0.1, 0.15) is 5.82 Å². The monoisotopic (exact) mass is 227 g/mol. The second-order valence-corrected chi connectivity index (χ2v) is 4.04. The van der Waals surface area contributed by atoms with E-state index in [1.165, 1.54) is 11.3 Å². The van der Waals surface area contributed by atoms with Gasteiger partial charge in [-0.25, -0.2) is 4.98 Å². The molecule has 0 amide bonds. The molecule has 0 fully saturated rings. The molecule has 88 valence electrons. The molecule has 0 unspecified atom stereocenters. The fourth-order valence-electron chi connectivity index (χ4n) is 1.68. The van der Waals surface area contributed by atoms with Gasteiger partial charge in [0.15, 0.2) is 0 Å². The van der Waals surface area contributed by atoms with E-state index >= 15 is 0 Å². The summed E-state index contributed by atoms with van der Waals surface area (Å²) in [5.74, 6) is 0.876. The molecular formula is C14H17N3. The lowest BCUT2D eigenvalue weighted by Gasteiger charge is -2.20. The molecule has 17 heavy (non-hydrogen) atoms. The van der Waals surface area contributed by atoms with Crippen molar-refractivity contribution in [1.29, 1.82) is 0 Å². The van der Waals surface area contributed by atoms with Crippen molar-refractivity contribution in [3.05, 3.63) is 48.2 Å². The molecule has 3 heteroatoms. The van der Waals surface area contributed by atoms with E-state index in [2.05, 4.69) is 53.4 Å². The number of hydrogen-bond donors (Lipinski definition) is 1. The lowest BCUT2D eigenvalue weighted by atomic mass is 10.2. The summed E-state index contributed by atoms with van der Waals surface area (Å²) in [7, 11) is 3.93. The van der Waals surface area contributed by atoms with Crippen molar-refractivity contribution in [3.63, 3.8) is 0 Å². The predicted octanol–water partition coefficient (Wildman–Crippen LogP) is 3.20. The van der Waals surface area contributed by atoms with Gasteiger partial charge in [0.25, 0.3) is 0 Å². The first kappa shape index (κ1) is 11.5. The van der Waals surface area contributed by atoms with Crippen molar-refractivity contribution in [2.24, 2.45) is 0 Å². The molecule has 0 radical (unpaired) electrons. The van der Waals surface area contributed by atoms with Gasteiger partial charge in [0.05, 0.1) is 0 Å². The lowest BCUT2D eigenvalue weighted by Crippen LogP contribution is -2.09. The highest BCUT2D eigenvalue weighted by molar-refractivity contribution is 5.64. The van der Waals surface area contributed by atoms with E-state index in [0.29, 0.717) is 0 Å². The number of rotatable bonds is 3. The van der Waals surface area contributed by atoms with E-state index in [9.17, 15) is 0 Å². The Labute approximate surface area is 102 Å². The van der Waals surface area contributed by atoms with Gasteiger partial charge in [-0.1, -0.05) is 17.7 Å². The van der Waals surface area contributed by atoms with Gasteiger partial charge in [0.2, 0.25) is 0 Å². The van der Waals surface area contributed by atoms with Crippen LogP contribution in [0.5, 0.6) is 0 Å². The smallest absolute Gasteiger partial charge is 0.127 e. The molecule has 3 nitrogen and oxygen atoms in total. The van der Waals surface area contributed by atoms with E-state index in [1.807, 2.05) is 25.4 Å². The van der Waals surface area contributed by atoms with Gasteiger partial charge in [-0.05, 0) is 25.1 Å². The number of benzene rings is 1. The number of aromatic nitrogens is 1. The van der Waals surface area contributed by atoms with Crippen LogP contribution in [-0.4, -0.2) is 19.1 Å². The Morgan fingerprint density at radius 1 is 1.06 bits per heavy atom. The third-order valence-electron chi connectivity index (χ3n) is 2.81. The molecule has 1 heterocycles. The lowest BCUT2D eigenvalue weighted by molar-refractivity contribution is 1.18. The number of aryl methyl sites for hydroxylation is 1. The Hall–Kier alpha value is -2.03. The molecular weight excluding hydrogens is 210 g/mol. The molecule has 0 aliphatic heterocycles. The van der Waals surface area contributed by atoms with Crippen LogP contribution in [0.25, 0.3) is 0 Å². The van der Waals surface area contributed by atoms with Crippen molar-refractivity contribution >= 4 is 17.2 Å². The Balaban J connectivity index is 2.29. The van der Waals surface area contributed by atoms with Crippen molar-refractivity contribution in [3.8, 4) is 0 Å². The summed E-state index contributed by atoms with van der Waals surface area (Å²) < 4.78 is 0. The van der Waals surface area contributed by atoms with Gasteiger partial charge >= 0.3 is 0 Å². The Kier molecular flexibility index (Phi) is 3.28. The third-order valence-corrected chi connectivity index (χ3v) is 2.81. The zero-order valence-electron chi connectivity index (χ0n) is 10.4. The predicted molar refractivity (Wildman–Crippen MR) is 73.0 cm³/mol. The van der Waals surface area contributed by atoms with Crippen molar-refractivity contribution in [2.75, 3.05) is 24.3 Å². The molecule has 1 aromatic heterocycles. The maximum Gasteiger partial charge on any atom is 0.127 e. The maximum absolute atomic E-state index is 4.21. The molecule has 2 rings (SSSR count). The van der Waals surface area contributed by atoms with Crippen LogP contribution in [0.2, 0.25) is 0 Å². The Morgan fingerprint density at radius 2 is 1.76 bits per heavy atom. The normalized spacial score (nSPS) is 10.1. The van der Waals surface area contributed by atoms with E-state index < -0.39 is 0 Å². The number of pyridine rings is 1. The zero-order valence-corrected chi connectivity index (χ0v) is 10.4. The van der Waals surface area contributed by atoms with E-state index in [1.54, 1.807) is 0 Å². The fraction of sp³-hybridized carbons (Fsp3) is 0.214. The molecule has 0 saturated carbocycles. The molecule has 0 saturated heterocycles. The molecule has 0 aliphatic carbocycles. The maximum atomic E-state index is 4.21. The number of hydrogen-bond acceptors (Lipinski definition) is 3. The van der Waals surface area contributed by atoms with Crippen LogP contribution in [0.15, 0.2) is 42.6 Å². The molecule has 0 aliphatic rings. The minimum Gasteiger partial charge on any atom is -0.373 e. The van der Waals surface area contributed by atoms with Crippen LogP contribution in [0.1, 0.15) is 5.56 Å². The third kappa shape index (κ3) is 2.56. The number of nitrogens with one attached hydrogen (secondary N) is 1. The SMILES string of the molecule is CNc1cc(N(C)c2ccc(C)cc2)ccn1. The van der Waals surface area contributed by atoms with Crippen LogP contribution in [0.3, 0.4) is 0 Å². The first-order valence-electron chi connectivity index (χ1n) is 5.65. The first-order valence-corrected chi connectivity index (χ1v) is 5.65. The van der Waals surface area contributed by atoms with Gasteiger partial charge in [-0.3, -0.25) is 0 Å². The first-order chi connectivity index (χ1) is 8.20. The van der Waals surface area contributed by atoms with Gasteiger partial charge < -0.3 is 10.2 Å². The summed E-state index contributed by atoms with van der Waals surface area (Å²) in [6.07, 6.45) is 1.81. The summed E-state index contributed by atoms with van der Waals surface area (Å²) >= 11 is 0. The standard InChI is InChI=1S/C14H17N3/c1-11-4-6-12(7-5-11)17(3)13-8-9-16-14(10-13)15-2/h4-10H,1-3H3,(H,15,16). The molecule has 1 aromatic carbocycles. The highest BCUT2D eigenvalue weighted by atomic mass is 15.1. The summed E-state index contributed by atoms with van der Waals surface area (Å²) in [4.78, 5) is 6.35. The van der Waals surface area contributed by atoms with E-state index in [-0.39, 0.29) is 0 Å². The van der Waals surface area contributed by atoms with Crippen LogP contribution < -0.4 is 10.2 Å². The van der Waals surface area contributed by atoms with Crippen LogP contribution in [0, 0.1) is 6.92 Å². The van der Waals surface area contributed by atoms with Gasteiger partial charge in [-0.2, -0.15) is 0 Å². The zero-order chi connectivity index (χ0) is 12.3. The van der Waals surface area contributed by atoms with Gasteiger partial charge in [0, 0.05) is 37.7 Å². The number of nitrogens with zero attached hydrogens (tertiary/aromatic N) is 2. The summed E-state index contributed by atoms with van der Waals surface area (Å²) in [5.41, 5.74) is 3.56. The largest absolute Gasteiger partial charge is 0.373 e. The molecule has 2 aromatic rings. The topological polar surface area (TPSA) is 28.2 Å². The molecule has 1 N–H and O–H groups in total. The quantitative estimate of drug-likeness (QED) is 0.872. The Morgan fingerprint density at radius 3 is 2.41 bits per heavy atom. The van der Waals surface area contributed by atoms with Crippen LogP contribution in [-0.2, 0) is 0 Å². The highest BCUT2D eigenvalue weighted by Crippen LogP contribution is 2.24. The average Bonchev–Trinajstić information content (AvgIpc) is 2.39. The van der Waals surface area contributed by atoms with E-state index in [4.69, 9.17) is 0 Å². The fourth-order valence-corrected chi connectivity index (χ4v) is 1.68. The molecule has 0 spiro atoms. The second kappa shape index (κ2) is 4.87. The van der Waals surface area contributed by atoms with Crippen LogP contribution in [0.4, 0.5) is 17.2 Å². The van der Waals surface area contributed by atoms with Crippen molar-refractivity contribution < 1.29 is 0 Å². The minimum atomic E-state index is 0.876. The van der Waals surface area contributed by atoms with E-state index in [0.717, 1.165) is 11.5 Å². The second-order valence-electron chi connectivity index (χ2n) is 4.04. The highest BCUT2D eigenvalue weighted by Gasteiger charge is 2.04.